The maximum atomic E-state index is 12.1. The molecule has 0 bridgehead atoms. The summed E-state index contributed by atoms with van der Waals surface area (Å²) < 4.78 is 6.97. The summed E-state index contributed by atoms with van der Waals surface area (Å²) in [5.74, 6) is -0.456. The minimum Gasteiger partial charge on any atom is -0.465 e. The summed E-state index contributed by atoms with van der Waals surface area (Å²) in [4.78, 5) is 12.1. The van der Waals surface area contributed by atoms with Crippen molar-refractivity contribution in [1.82, 2.24) is 4.57 Å². The third kappa shape index (κ3) is 3.86. The first-order valence-electron chi connectivity index (χ1n) is 9.61. The second-order valence-electron chi connectivity index (χ2n) is 7.06. The summed E-state index contributed by atoms with van der Waals surface area (Å²) in [6, 6.07) is 23.1. The fourth-order valence-electron chi connectivity index (χ4n) is 3.59. The fraction of sp³-hybridized carbons (Fsp3) is 0.125. The van der Waals surface area contributed by atoms with Gasteiger partial charge in [-0.25, -0.2) is 4.79 Å². The first-order chi connectivity index (χ1) is 14.6. The summed E-state index contributed by atoms with van der Waals surface area (Å²) in [6.07, 6.45) is 0. The number of aromatic nitrogens is 1. The molecule has 152 valence electrons. The number of anilines is 3. The van der Waals surface area contributed by atoms with Gasteiger partial charge in [-0.15, -0.1) is 0 Å². The van der Waals surface area contributed by atoms with E-state index in [-0.39, 0.29) is 6.61 Å². The van der Waals surface area contributed by atoms with Crippen molar-refractivity contribution in [1.29, 1.82) is 0 Å². The highest BCUT2D eigenvalue weighted by Crippen LogP contribution is 2.28. The summed E-state index contributed by atoms with van der Waals surface area (Å²) >= 11 is 0. The van der Waals surface area contributed by atoms with Crippen molar-refractivity contribution < 1.29 is 14.6 Å². The molecule has 3 aromatic carbocycles. The molecule has 6 heteroatoms. The van der Waals surface area contributed by atoms with E-state index in [0.717, 1.165) is 27.8 Å². The van der Waals surface area contributed by atoms with Crippen LogP contribution in [-0.2, 0) is 17.9 Å². The number of carbonyl (C=O) groups excluding carboxylic acids is 1. The zero-order chi connectivity index (χ0) is 21.1. The number of benzene rings is 3. The van der Waals surface area contributed by atoms with E-state index in [2.05, 4.69) is 22.0 Å². The van der Waals surface area contributed by atoms with Crippen LogP contribution in [0, 0.1) is 0 Å². The molecule has 0 spiro atoms. The number of ether oxygens (including phenoxy) is 1. The Labute approximate surface area is 174 Å². The molecule has 0 fully saturated rings. The lowest BCUT2D eigenvalue weighted by atomic mass is 10.1. The molecule has 0 radical (unpaired) electrons. The molecular weight excluding hydrogens is 378 g/mol. The van der Waals surface area contributed by atoms with Gasteiger partial charge in [-0.2, -0.15) is 0 Å². The Morgan fingerprint density at radius 3 is 2.60 bits per heavy atom. The van der Waals surface area contributed by atoms with Crippen molar-refractivity contribution in [3.8, 4) is 0 Å². The predicted molar refractivity (Wildman–Crippen MR) is 119 cm³/mol. The van der Waals surface area contributed by atoms with Gasteiger partial charge in [0.1, 0.15) is 0 Å². The van der Waals surface area contributed by atoms with E-state index in [9.17, 15) is 9.90 Å². The molecule has 1 heterocycles. The van der Waals surface area contributed by atoms with Gasteiger partial charge in [0.25, 0.3) is 0 Å². The Kier molecular flexibility index (Phi) is 5.41. The molecule has 0 amide bonds. The molecule has 0 aliphatic heterocycles. The molecule has 0 saturated heterocycles. The molecule has 0 unspecified atom stereocenters. The van der Waals surface area contributed by atoms with E-state index in [1.807, 2.05) is 42.5 Å². The van der Waals surface area contributed by atoms with Gasteiger partial charge in [0, 0.05) is 34.5 Å². The molecule has 0 saturated carbocycles. The van der Waals surface area contributed by atoms with Gasteiger partial charge < -0.3 is 25.5 Å². The topological polar surface area (TPSA) is 89.5 Å². The SMILES string of the molecule is COC(=O)c1cc(N)ccc1Nc1ccc2c(c1)cc(CO)n2Cc1ccccc1. The van der Waals surface area contributed by atoms with Crippen LogP contribution in [0.15, 0.2) is 72.8 Å². The molecule has 0 aliphatic carbocycles. The summed E-state index contributed by atoms with van der Waals surface area (Å²) in [5, 5.41) is 14.1. The second-order valence-corrected chi connectivity index (χ2v) is 7.06. The number of aliphatic hydroxyl groups is 1. The van der Waals surface area contributed by atoms with Crippen molar-refractivity contribution in [3.05, 3.63) is 89.6 Å². The van der Waals surface area contributed by atoms with E-state index in [4.69, 9.17) is 10.5 Å². The first kappa shape index (κ1) is 19.5. The highest BCUT2D eigenvalue weighted by atomic mass is 16.5. The number of nitrogen functional groups attached to an aromatic ring is 1. The normalized spacial score (nSPS) is 10.9. The standard InChI is InChI=1S/C24H23N3O3/c1-30-24(29)21-13-18(25)7-9-22(21)26-19-8-10-23-17(11-19)12-20(15-28)27(23)14-16-5-3-2-4-6-16/h2-13,26,28H,14-15,25H2,1H3. The second kappa shape index (κ2) is 8.31. The highest BCUT2D eigenvalue weighted by molar-refractivity contribution is 5.98. The van der Waals surface area contributed by atoms with Crippen LogP contribution < -0.4 is 11.1 Å². The van der Waals surface area contributed by atoms with E-state index in [1.54, 1.807) is 18.2 Å². The molecule has 4 aromatic rings. The van der Waals surface area contributed by atoms with Gasteiger partial charge in [0.05, 0.1) is 25.0 Å². The number of nitrogens with zero attached hydrogens (tertiary/aromatic N) is 1. The van der Waals surface area contributed by atoms with E-state index >= 15 is 0 Å². The van der Waals surface area contributed by atoms with Crippen LogP contribution in [0.25, 0.3) is 10.9 Å². The minimum absolute atomic E-state index is 0.0469. The average molecular weight is 401 g/mol. The number of carbonyl (C=O) groups is 1. The van der Waals surface area contributed by atoms with Gasteiger partial charge in [-0.1, -0.05) is 30.3 Å². The van der Waals surface area contributed by atoms with Crippen molar-refractivity contribution in [2.45, 2.75) is 13.2 Å². The molecule has 4 N–H and O–H groups in total. The third-order valence-corrected chi connectivity index (χ3v) is 5.06. The number of fused-ring (bicyclic) bond motifs is 1. The Bertz CT molecular complexity index is 1200. The van der Waals surface area contributed by atoms with Crippen molar-refractivity contribution in [2.24, 2.45) is 0 Å². The van der Waals surface area contributed by atoms with Gasteiger partial charge in [-0.05, 0) is 48.0 Å². The minimum atomic E-state index is -0.456. The monoisotopic (exact) mass is 401 g/mol. The molecule has 4 rings (SSSR count). The fourth-order valence-corrected chi connectivity index (χ4v) is 3.59. The van der Waals surface area contributed by atoms with Crippen LogP contribution in [0.2, 0.25) is 0 Å². The predicted octanol–water partition coefficient (Wildman–Crippen LogP) is 4.29. The molecule has 0 aliphatic rings. The van der Waals surface area contributed by atoms with Crippen LogP contribution in [0.1, 0.15) is 21.6 Å². The quantitative estimate of drug-likeness (QED) is 0.331. The van der Waals surface area contributed by atoms with E-state index in [1.165, 1.54) is 7.11 Å². The van der Waals surface area contributed by atoms with Gasteiger partial charge in [-0.3, -0.25) is 0 Å². The van der Waals surface area contributed by atoms with Crippen molar-refractivity contribution in [2.75, 3.05) is 18.2 Å². The Morgan fingerprint density at radius 2 is 1.87 bits per heavy atom. The molecule has 6 nitrogen and oxygen atoms in total. The van der Waals surface area contributed by atoms with Crippen molar-refractivity contribution >= 4 is 33.9 Å². The Hall–Kier alpha value is -3.77. The van der Waals surface area contributed by atoms with E-state index in [0.29, 0.717) is 23.5 Å². The van der Waals surface area contributed by atoms with Crippen LogP contribution in [0.3, 0.4) is 0 Å². The van der Waals surface area contributed by atoms with E-state index < -0.39 is 5.97 Å². The number of esters is 1. The average Bonchev–Trinajstić information content (AvgIpc) is 3.11. The van der Waals surface area contributed by atoms with Crippen molar-refractivity contribution in [3.63, 3.8) is 0 Å². The maximum Gasteiger partial charge on any atom is 0.340 e. The third-order valence-electron chi connectivity index (χ3n) is 5.06. The highest BCUT2D eigenvalue weighted by Gasteiger charge is 2.14. The first-order valence-corrected chi connectivity index (χ1v) is 9.61. The number of methoxy groups -OCH3 is 1. The number of hydrogen-bond acceptors (Lipinski definition) is 5. The van der Waals surface area contributed by atoms with Gasteiger partial charge >= 0.3 is 5.97 Å². The zero-order valence-corrected chi connectivity index (χ0v) is 16.6. The van der Waals surface area contributed by atoms with Gasteiger partial charge in [0.2, 0.25) is 0 Å². The lowest BCUT2D eigenvalue weighted by molar-refractivity contribution is 0.0602. The Morgan fingerprint density at radius 1 is 1.07 bits per heavy atom. The van der Waals surface area contributed by atoms with Crippen LogP contribution in [0.5, 0.6) is 0 Å². The van der Waals surface area contributed by atoms with Crippen LogP contribution in [0.4, 0.5) is 17.1 Å². The largest absolute Gasteiger partial charge is 0.465 e. The molecule has 30 heavy (non-hydrogen) atoms. The number of nitrogens with two attached hydrogens (primary N) is 1. The summed E-state index contributed by atoms with van der Waals surface area (Å²) in [7, 11) is 1.34. The molecule has 0 atom stereocenters. The summed E-state index contributed by atoms with van der Waals surface area (Å²) in [6.45, 7) is 0.631. The smallest absolute Gasteiger partial charge is 0.340 e. The van der Waals surface area contributed by atoms with Gasteiger partial charge in [0.15, 0.2) is 0 Å². The number of nitrogens with one attached hydrogen (secondary N) is 1. The maximum absolute atomic E-state index is 12.1. The molecular formula is C24H23N3O3. The number of hydrogen-bond donors (Lipinski definition) is 3. The number of rotatable bonds is 6. The lowest BCUT2D eigenvalue weighted by Crippen LogP contribution is -2.06. The van der Waals surface area contributed by atoms with Crippen LogP contribution in [-0.4, -0.2) is 22.8 Å². The molecule has 1 aromatic heterocycles. The summed E-state index contributed by atoms with van der Waals surface area (Å²) in [5.41, 5.74) is 11.1. The van der Waals surface area contributed by atoms with Crippen LogP contribution >= 0.6 is 0 Å². The lowest BCUT2D eigenvalue weighted by Gasteiger charge is -2.13. The Balaban J connectivity index is 1.69. The zero-order valence-electron chi connectivity index (χ0n) is 16.6. The number of aliphatic hydroxyl groups excluding tert-OH is 1.